The fourth-order valence-electron chi connectivity index (χ4n) is 14.0. The molecule has 4 aliphatic heterocycles. The molecule has 4 heteroatoms. The third-order valence-electron chi connectivity index (χ3n) is 17.8. The molecule has 4 heterocycles. The molecule has 0 N–H and O–H groups in total. The normalized spacial score (nSPS) is 26.4. The van der Waals surface area contributed by atoms with Crippen LogP contribution < -0.4 is 31.1 Å². The lowest BCUT2D eigenvalue weighted by Crippen LogP contribution is -2.64. The molecule has 0 spiro atoms. The molecule has 62 heavy (non-hydrogen) atoms. The van der Waals surface area contributed by atoms with Gasteiger partial charge in [0, 0.05) is 50.6 Å². The molecular weight excluding hydrogens is 749 g/mol. The first-order valence-electron chi connectivity index (χ1n) is 23.8. The smallest absolute Gasteiger partial charge is 0.252 e. The lowest BCUT2D eigenvalue weighted by Gasteiger charge is -2.53. The van der Waals surface area contributed by atoms with Crippen LogP contribution in [0.1, 0.15) is 128 Å². The summed E-state index contributed by atoms with van der Waals surface area (Å²) >= 11 is 0. The highest BCUT2D eigenvalue weighted by Gasteiger charge is 2.63. The minimum Gasteiger partial charge on any atom is -0.335 e. The van der Waals surface area contributed by atoms with Crippen molar-refractivity contribution in [2.45, 2.75) is 141 Å². The van der Waals surface area contributed by atoms with Gasteiger partial charge in [-0.25, -0.2) is 0 Å². The van der Waals surface area contributed by atoms with Gasteiger partial charge in [-0.05, 0) is 157 Å². The minimum atomic E-state index is -0.0789. The molecule has 2 saturated carbocycles. The van der Waals surface area contributed by atoms with Gasteiger partial charge in [0.1, 0.15) is 0 Å². The number of nitrogens with zero attached hydrogens (tertiary/aromatic N) is 3. The Morgan fingerprint density at radius 3 is 1.90 bits per heavy atom. The number of hydrogen-bond acceptors (Lipinski definition) is 3. The van der Waals surface area contributed by atoms with Gasteiger partial charge in [-0.3, -0.25) is 0 Å². The van der Waals surface area contributed by atoms with E-state index in [4.69, 9.17) is 0 Å². The van der Waals surface area contributed by atoms with E-state index in [2.05, 4.69) is 192 Å². The van der Waals surface area contributed by atoms with Gasteiger partial charge in [-0.2, -0.15) is 0 Å². The van der Waals surface area contributed by atoms with Crippen molar-refractivity contribution in [1.29, 1.82) is 0 Å². The van der Waals surface area contributed by atoms with Crippen molar-refractivity contribution in [3.8, 4) is 11.1 Å². The second-order valence-corrected chi connectivity index (χ2v) is 22.2. The monoisotopic (exact) mass is 812 g/mol. The summed E-state index contributed by atoms with van der Waals surface area (Å²) in [5, 5.41) is 0. The van der Waals surface area contributed by atoms with E-state index in [-0.39, 0.29) is 34.0 Å². The second kappa shape index (κ2) is 12.7. The summed E-state index contributed by atoms with van der Waals surface area (Å²) in [7, 11) is 0. The SMILES string of the molecule is Cc1cccc(N2c3cc(C)ccc3B3c4cc(-c5ccccc5)cc5c4N(c4cc(N6c7ccc(C(C)(C)C)cc7C7(C)CCCCC67C)cc2c43)C2(C)CCCCC52C)c1. The average molecular weight is 812 g/mol. The molecule has 2 aliphatic carbocycles. The van der Waals surface area contributed by atoms with Crippen molar-refractivity contribution >= 4 is 62.9 Å². The molecule has 4 unspecified atom stereocenters. The van der Waals surface area contributed by atoms with Crippen LogP contribution in [0.5, 0.6) is 0 Å². The van der Waals surface area contributed by atoms with Crippen molar-refractivity contribution in [1.82, 2.24) is 0 Å². The molecule has 0 saturated heterocycles. The summed E-state index contributed by atoms with van der Waals surface area (Å²) < 4.78 is 0. The molecule has 6 aliphatic rings. The molecule has 2 fully saturated rings. The average Bonchev–Trinajstić information content (AvgIpc) is 3.59. The Hall–Kier alpha value is -5.22. The maximum atomic E-state index is 2.93. The van der Waals surface area contributed by atoms with Crippen LogP contribution in [0.25, 0.3) is 11.1 Å². The Kier molecular flexibility index (Phi) is 7.88. The summed E-state index contributed by atoms with van der Waals surface area (Å²) in [5.74, 6) is 0. The Morgan fingerprint density at radius 2 is 1.18 bits per heavy atom. The molecule has 0 radical (unpaired) electrons. The number of fused-ring (bicyclic) bond motifs is 10. The van der Waals surface area contributed by atoms with Crippen molar-refractivity contribution in [2.75, 3.05) is 14.7 Å². The first kappa shape index (κ1) is 38.5. The first-order valence-corrected chi connectivity index (χ1v) is 23.8. The van der Waals surface area contributed by atoms with Crippen LogP contribution in [0, 0.1) is 13.8 Å². The maximum absolute atomic E-state index is 2.93. The Morgan fingerprint density at radius 1 is 0.500 bits per heavy atom. The van der Waals surface area contributed by atoms with Crippen LogP contribution in [0.3, 0.4) is 0 Å². The molecule has 6 aromatic rings. The molecule has 0 bridgehead atoms. The van der Waals surface area contributed by atoms with E-state index < -0.39 is 0 Å². The summed E-state index contributed by atoms with van der Waals surface area (Å²) in [5.41, 5.74) is 23.6. The van der Waals surface area contributed by atoms with Crippen LogP contribution >= 0.6 is 0 Å². The number of aryl methyl sites for hydroxylation is 2. The van der Waals surface area contributed by atoms with Gasteiger partial charge in [-0.1, -0.05) is 133 Å². The maximum Gasteiger partial charge on any atom is 0.252 e. The van der Waals surface area contributed by atoms with Crippen LogP contribution in [-0.2, 0) is 16.2 Å². The molecule has 0 aromatic heterocycles. The zero-order chi connectivity index (χ0) is 42.7. The van der Waals surface area contributed by atoms with Crippen molar-refractivity contribution in [3.63, 3.8) is 0 Å². The van der Waals surface area contributed by atoms with Gasteiger partial charge < -0.3 is 14.7 Å². The van der Waals surface area contributed by atoms with Gasteiger partial charge in [0.2, 0.25) is 0 Å². The van der Waals surface area contributed by atoms with Gasteiger partial charge in [-0.15, -0.1) is 0 Å². The fraction of sp³-hybridized carbons (Fsp3) is 0.379. The predicted octanol–water partition coefficient (Wildman–Crippen LogP) is 13.4. The van der Waals surface area contributed by atoms with Crippen LogP contribution in [0.15, 0.2) is 115 Å². The second-order valence-electron chi connectivity index (χ2n) is 22.2. The van der Waals surface area contributed by atoms with E-state index >= 15 is 0 Å². The van der Waals surface area contributed by atoms with Crippen molar-refractivity contribution in [2.24, 2.45) is 0 Å². The first-order chi connectivity index (χ1) is 29.7. The summed E-state index contributed by atoms with van der Waals surface area (Å²) in [4.78, 5) is 8.44. The third kappa shape index (κ3) is 4.85. The highest BCUT2D eigenvalue weighted by Crippen LogP contribution is 2.65. The van der Waals surface area contributed by atoms with Crippen molar-refractivity contribution in [3.05, 3.63) is 143 Å². The number of anilines is 7. The van der Waals surface area contributed by atoms with E-state index in [1.165, 1.54) is 135 Å². The highest BCUT2D eigenvalue weighted by molar-refractivity contribution is 7.00. The molecule has 312 valence electrons. The zero-order valence-electron chi connectivity index (χ0n) is 38.5. The van der Waals surface area contributed by atoms with Gasteiger partial charge >= 0.3 is 0 Å². The Labute approximate surface area is 371 Å². The number of hydrogen-bond donors (Lipinski definition) is 0. The minimum absolute atomic E-state index is 0.000361. The summed E-state index contributed by atoms with van der Waals surface area (Å²) in [6.07, 6.45) is 9.84. The van der Waals surface area contributed by atoms with E-state index in [9.17, 15) is 0 Å². The molecule has 12 rings (SSSR count). The lowest BCUT2D eigenvalue weighted by atomic mass is 9.33. The van der Waals surface area contributed by atoms with E-state index in [0.717, 1.165) is 0 Å². The van der Waals surface area contributed by atoms with Gasteiger partial charge in [0.15, 0.2) is 0 Å². The predicted molar refractivity (Wildman–Crippen MR) is 265 cm³/mol. The molecular formula is C58H62BN3. The van der Waals surface area contributed by atoms with Crippen molar-refractivity contribution < 1.29 is 0 Å². The summed E-state index contributed by atoms with van der Waals surface area (Å²) in [6.45, 7) is 22.2. The topological polar surface area (TPSA) is 9.72 Å². The third-order valence-corrected chi connectivity index (χ3v) is 17.8. The molecule has 0 amide bonds. The summed E-state index contributed by atoms with van der Waals surface area (Å²) in [6, 6.07) is 45.8. The van der Waals surface area contributed by atoms with Gasteiger partial charge in [0.25, 0.3) is 6.71 Å². The number of benzene rings is 6. The van der Waals surface area contributed by atoms with Crippen LogP contribution in [0.2, 0.25) is 0 Å². The lowest BCUT2D eigenvalue weighted by molar-refractivity contribution is 0.194. The van der Waals surface area contributed by atoms with Crippen LogP contribution in [0.4, 0.5) is 39.8 Å². The Bertz CT molecular complexity index is 2870. The van der Waals surface area contributed by atoms with E-state index in [1.807, 2.05) is 0 Å². The molecule has 6 aromatic carbocycles. The quantitative estimate of drug-likeness (QED) is 0.165. The fourth-order valence-corrected chi connectivity index (χ4v) is 14.0. The molecule has 3 nitrogen and oxygen atoms in total. The Balaban J connectivity index is 1.21. The molecule has 4 atom stereocenters. The highest BCUT2D eigenvalue weighted by atomic mass is 15.3. The van der Waals surface area contributed by atoms with E-state index in [0.29, 0.717) is 0 Å². The zero-order valence-corrected chi connectivity index (χ0v) is 38.5. The number of rotatable bonds is 3. The van der Waals surface area contributed by atoms with Gasteiger partial charge in [0.05, 0.1) is 11.1 Å². The van der Waals surface area contributed by atoms with E-state index in [1.54, 1.807) is 11.1 Å². The standard InChI is InChI=1S/C58H62BN3/c1-37-18-17-21-42(30-37)60-49-31-38(2)22-24-46(49)59-47-33-40(39-19-11-10-12-20-39)32-45-53(47)62(58(9)29-16-14-27-56(45,58)7)51-36-43(35-50(60)52(51)59)61-48-25-23-41(54(3,4)5)34-44(48)55(6)26-13-15-28-57(55,61)8/h10-12,17-25,30-36H,13-16,26-29H2,1-9H3. The largest absolute Gasteiger partial charge is 0.335 e. The van der Waals surface area contributed by atoms with Crippen LogP contribution in [-0.4, -0.2) is 17.8 Å².